The molecule has 1 fully saturated rings. The second kappa shape index (κ2) is 10.9. The van der Waals surface area contributed by atoms with Gasteiger partial charge in [0, 0.05) is 58.4 Å². The molecule has 2 aromatic heterocycles. The highest BCUT2D eigenvalue weighted by atomic mass is 35.5. The number of aliphatic hydroxyl groups excluding tert-OH is 1. The number of piperidine rings is 1. The summed E-state index contributed by atoms with van der Waals surface area (Å²) in [5.41, 5.74) is 1.87. The Labute approximate surface area is 214 Å². The third-order valence-electron chi connectivity index (χ3n) is 5.55. The lowest BCUT2D eigenvalue weighted by atomic mass is 10.0. The first kappa shape index (κ1) is 26.0. The lowest BCUT2D eigenvalue weighted by Crippen LogP contribution is -2.47. The number of alkyl halides is 3. The fourth-order valence-electron chi connectivity index (χ4n) is 3.85. The standard InChI is InChI=1S/C22H22Cl2F3N7O2/c23-14-7-15(24)9-17(8-14)31-21-28-11-18(13-10-29-34(12-13)5-6-35)19(32-21)30-16-1-3-33(4-2-16)20(36)22(25,26)27/h7-12,16,35H,1-6H2,(H2,28,30,31,32). The summed E-state index contributed by atoms with van der Waals surface area (Å²) >= 11 is 12.1. The lowest BCUT2D eigenvalue weighted by Gasteiger charge is -2.33. The topological polar surface area (TPSA) is 108 Å². The molecule has 0 spiro atoms. The van der Waals surface area contributed by atoms with Crippen LogP contribution in [-0.4, -0.2) is 67.6 Å². The van der Waals surface area contributed by atoms with Crippen LogP contribution in [0.25, 0.3) is 11.1 Å². The van der Waals surface area contributed by atoms with Gasteiger partial charge in [0.2, 0.25) is 5.95 Å². The minimum Gasteiger partial charge on any atom is -0.394 e. The molecule has 3 N–H and O–H groups in total. The average Bonchev–Trinajstić information content (AvgIpc) is 3.27. The molecule has 1 aromatic carbocycles. The van der Waals surface area contributed by atoms with Crippen LogP contribution >= 0.6 is 23.2 Å². The van der Waals surface area contributed by atoms with Crippen molar-refractivity contribution in [2.45, 2.75) is 31.6 Å². The Morgan fingerprint density at radius 1 is 1.14 bits per heavy atom. The first-order valence-electron chi connectivity index (χ1n) is 11.0. The third-order valence-corrected chi connectivity index (χ3v) is 5.98. The minimum absolute atomic E-state index is 0.0308. The molecule has 9 nitrogen and oxygen atoms in total. The number of rotatable bonds is 7. The Bertz CT molecular complexity index is 1210. The maximum Gasteiger partial charge on any atom is 0.471 e. The summed E-state index contributed by atoms with van der Waals surface area (Å²) in [5, 5.41) is 20.6. The van der Waals surface area contributed by atoms with Gasteiger partial charge in [0.15, 0.2) is 0 Å². The number of aromatic nitrogens is 4. The molecule has 36 heavy (non-hydrogen) atoms. The van der Waals surface area contributed by atoms with E-state index < -0.39 is 12.1 Å². The van der Waals surface area contributed by atoms with Crippen molar-refractivity contribution in [1.82, 2.24) is 24.6 Å². The molecule has 192 valence electrons. The van der Waals surface area contributed by atoms with E-state index in [9.17, 15) is 23.1 Å². The molecule has 3 heterocycles. The van der Waals surface area contributed by atoms with Gasteiger partial charge in [-0.05, 0) is 31.0 Å². The van der Waals surface area contributed by atoms with Crippen molar-refractivity contribution in [2.75, 3.05) is 30.3 Å². The molecule has 0 radical (unpaired) electrons. The van der Waals surface area contributed by atoms with Crippen LogP contribution in [0, 0.1) is 0 Å². The maximum absolute atomic E-state index is 12.8. The van der Waals surface area contributed by atoms with Gasteiger partial charge in [-0.1, -0.05) is 23.2 Å². The lowest BCUT2D eigenvalue weighted by molar-refractivity contribution is -0.186. The Kier molecular flexibility index (Phi) is 7.86. The van der Waals surface area contributed by atoms with Crippen molar-refractivity contribution in [3.8, 4) is 11.1 Å². The summed E-state index contributed by atoms with van der Waals surface area (Å²) in [6.07, 6.45) is 0.650. The number of hydrogen-bond acceptors (Lipinski definition) is 7. The zero-order valence-electron chi connectivity index (χ0n) is 18.8. The highest BCUT2D eigenvalue weighted by Crippen LogP contribution is 2.31. The maximum atomic E-state index is 12.8. The number of likely N-dealkylation sites (tertiary alicyclic amines) is 1. The summed E-state index contributed by atoms with van der Waals surface area (Å²) in [7, 11) is 0. The van der Waals surface area contributed by atoms with Gasteiger partial charge < -0.3 is 20.6 Å². The largest absolute Gasteiger partial charge is 0.471 e. The van der Waals surface area contributed by atoms with Gasteiger partial charge in [0.25, 0.3) is 0 Å². The second-order valence-corrected chi connectivity index (χ2v) is 9.04. The van der Waals surface area contributed by atoms with E-state index in [1.54, 1.807) is 41.5 Å². The fourth-order valence-corrected chi connectivity index (χ4v) is 4.37. The average molecular weight is 544 g/mol. The number of benzene rings is 1. The van der Waals surface area contributed by atoms with Crippen LogP contribution in [0.5, 0.6) is 0 Å². The van der Waals surface area contributed by atoms with Gasteiger partial charge in [-0.25, -0.2) is 4.98 Å². The summed E-state index contributed by atoms with van der Waals surface area (Å²) < 4.78 is 39.9. The van der Waals surface area contributed by atoms with Gasteiger partial charge in [-0.2, -0.15) is 23.3 Å². The molecule has 14 heteroatoms. The van der Waals surface area contributed by atoms with Crippen molar-refractivity contribution >= 4 is 46.6 Å². The van der Waals surface area contributed by atoms with E-state index in [4.69, 9.17) is 23.2 Å². The molecular formula is C22H22Cl2F3N7O2. The fraction of sp³-hybridized carbons (Fsp3) is 0.364. The molecule has 0 bridgehead atoms. The van der Waals surface area contributed by atoms with E-state index >= 15 is 0 Å². The van der Waals surface area contributed by atoms with Crippen LogP contribution in [0.2, 0.25) is 10.0 Å². The number of carbonyl (C=O) groups is 1. The molecule has 1 saturated heterocycles. The Hall–Kier alpha value is -3.09. The Balaban J connectivity index is 1.57. The molecule has 0 saturated carbocycles. The quantitative estimate of drug-likeness (QED) is 0.406. The number of nitrogens with one attached hydrogen (secondary N) is 2. The predicted octanol–water partition coefficient (Wildman–Crippen LogP) is 4.35. The molecule has 0 aliphatic carbocycles. The molecule has 1 aliphatic heterocycles. The van der Waals surface area contributed by atoms with E-state index in [-0.39, 0.29) is 31.7 Å². The number of hydrogen-bond donors (Lipinski definition) is 3. The zero-order valence-corrected chi connectivity index (χ0v) is 20.3. The van der Waals surface area contributed by atoms with Gasteiger partial charge in [0.05, 0.1) is 19.3 Å². The third kappa shape index (κ3) is 6.37. The second-order valence-electron chi connectivity index (χ2n) is 8.16. The monoisotopic (exact) mass is 543 g/mol. The smallest absolute Gasteiger partial charge is 0.394 e. The molecular weight excluding hydrogens is 522 g/mol. The van der Waals surface area contributed by atoms with Crippen LogP contribution in [0.3, 0.4) is 0 Å². The number of carbonyl (C=O) groups excluding carboxylic acids is 1. The number of aliphatic hydroxyl groups is 1. The Morgan fingerprint density at radius 3 is 2.47 bits per heavy atom. The van der Waals surface area contributed by atoms with Gasteiger partial charge in [-0.3, -0.25) is 9.48 Å². The summed E-state index contributed by atoms with van der Waals surface area (Å²) in [5.74, 6) is -1.15. The van der Waals surface area contributed by atoms with E-state index in [1.165, 1.54) is 0 Å². The number of halogens is 5. The predicted molar refractivity (Wildman–Crippen MR) is 129 cm³/mol. The van der Waals surface area contributed by atoms with Crippen molar-refractivity contribution in [2.24, 2.45) is 0 Å². The minimum atomic E-state index is -4.89. The first-order chi connectivity index (χ1) is 17.1. The van der Waals surface area contributed by atoms with Gasteiger partial charge >= 0.3 is 12.1 Å². The van der Waals surface area contributed by atoms with Crippen molar-refractivity contribution in [1.29, 1.82) is 0 Å². The summed E-state index contributed by atoms with van der Waals surface area (Å²) in [6.45, 7) is 0.168. The van der Waals surface area contributed by atoms with Crippen LogP contribution in [0.4, 0.5) is 30.6 Å². The SMILES string of the molecule is O=C(N1CCC(Nc2nc(Nc3cc(Cl)cc(Cl)c3)ncc2-c2cnn(CCO)c2)CC1)C(F)(F)F. The normalized spacial score (nSPS) is 14.7. The van der Waals surface area contributed by atoms with Crippen LogP contribution in [0.1, 0.15) is 12.8 Å². The Morgan fingerprint density at radius 2 is 1.83 bits per heavy atom. The number of anilines is 3. The molecule has 1 aliphatic rings. The summed E-state index contributed by atoms with van der Waals surface area (Å²) in [6, 6.07) is 4.68. The van der Waals surface area contributed by atoms with Crippen molar-refractivity contribution in [3.63, 3.8) is 0 Å². The van der Waals surface area contributed by atoms with Crippen molar-refractivity contribution < 1.29 is 23.1 Å². The molecule has 3 aromatic rings. The van der Waals surface area contributed by atoms with E-state index in [1.807, 2.05) is 0 Å². The number of nitrogens with zero attached hydrogens (tertiary/aromatic N) is 5. The van der Waals surface area contributed by atoms with E-state index in [2.05, 4.69) is 25.7 Å². The molecule has 4 rings (SSSR count). The molecule has 0 unspecified atom stereocenters. The van der Waals surface area contributed by atoms with Crippen molar-refractivity contribution in [3.05, 3.63) is 46.8 Å². The first-order valence-corrected chi connectivity index (χ1v) is 11.7. The number of amides is 1. The molecule has 0 atom stereocenters. The highest BCUT2D eigenvalue weighted by Gasteiger charge is 2.43. The van der Waals surface area contributed by atoms with E-state index in [0.29, 0.717) is 52.1 Å². The summed E-state index contributed by atoms with van der Waals surface area (Å²) in [4.78, 5) is 21.3. The molecule has 1 amide bonds. The van der Waals surface area contributed by atoms with Gasteiger partial charge in [-0.15, -0.1) is 0 Å². The van der Waals surface area contributed by atoms with Gasteiger partial charge in [0.1, 0.15) is 5.82 Å². The van der Waals surface area contributed by atoms with Crippen LogP contribution in [0.15, 0.2) is 36.8 Å². The van der Waals surface area contributed by atoms with Crippen LogP contribution in [-0.2, 0) is 11.3 Å². The zero-order chi connectivity index (χ0) is 25.9. The highest BCUT2D eigenvalue weighted by molar-refractivity contribution is 6.35. The van der Waals surface area contributed by atoms with Crippen LogP contribution < -0.4 is 10.6 Å². The van der Waals surface area contributed by atoms with E-state index in [0.717, 1.165) is 4.90 Å².